The lowest BCUT2D eigenvalue weighted by atomic mass is 10.1. The van der Waals surface area contributed by atoms with Crippen LogP contribution in [0.25, 0.3) is 6.08 Å². The summed E-state index contributed by atoms with van der Waals surface area (Å²) in [6.07, 6.45) is 1.48. The number of ether oxygens (including phenoxy) is 3. The van der Waals surface area contributed by atoms with Crippen LogP contribution in [0.4, 0.5) is 10.5 Å². The summed E-state index contributed by atoms with van der Waals surface area (Å²) >= 11 is 2.03. The van der Waals surface area contributed by atoms with Gasteiger partial charge in [-0.25, -0.2) is 14.5 Å². The van der Waals surface area contributed by atoms with E-state index in [0.29, 0.717) is 32.9 Å². The Morgan fingerprint density at radius 2 is 1.81 bits per heavy atom. The Balaban J connectivity index is 1.74. The van der Waals surface area contributed by atoms with E-state index in [4.69, 9.17) is 14.2 Å². The number of carbonyl (C=O) groups is 4. The molecule has 1 heterocycles. The minimum absolute atomic E-state index is 0.0153. The van der Waals surface area contributed by atoms with Crippen molar-refractivity contribution in [3.05, 3.63) is 56.8 Å². The molecule has 1 aliphatic rings. The van der Waals surface area contributed by atoms with E-state index in [0.717, 1.165) is 10.5 Å². The van der Waals surface area contributed by atoms with Crippen LogP contribution in [0, 0.1) is 10.5 Å². The lowest BCUT2D eigenvalue weighted by Crippen LogP contribution is -2.38. The molecule has 1 aliphatic heterocycles. The van der Waals surface area contributed by atoms with Crippen LogP contribution < -0.4 is 20.1 Å². The zero-order chi connectivity index (χ0) is 26.2. The number of nitrogens with zero attached hydrogens (tertiary/aromatic N) is 1. The van der Waals surface area contributed by atoms with Crippen molar-refractivity contribution < 1.29 is 33.4 Å². The number of carbonyl (C=O) groups excluding carboxylic acids is 4. The Hall–Kier alpha value is -3.61. The van der Waals surface area contributed by atoms with Gasteiger partial charge in [0, 0.05) is 5.69 Å². The van der Waals surface area contributed by atoms with Crippen LogP contribution in [0.15, 0.2) is 42.1 Å². The second-order valence-electron chi connectivity index (χ2n) is 7.65. The third-order valence-corrected chi connectivity index (χ3v) is 5.68. The summed E-state index contributed by atoms with van der Waals surface area (Å²) in [5.41, 5.74) is 2.18. The predicted molar refractivity (Wildman–Crippen MR) is 140 cm³/mol. The summed E-state index contributed by atoms with van der Waals surface area (Å²) in [6, 6.07) is 9.81. The van der Waals surface area contributed by atoms with Crippen molar-refractivity contribution in [3.8, 4) is 11.5 Å². The van der Waals surface area contributed by atoms with Crippen LogP contribution in [-0.2, 0) is 19.1 Å². The van der Waals surface area contributed by atoms with E-state index in [1.165, 1.54) is 6.08 Å². The molecule has 0 bridgehead atoms. The molecular weight excluding hydrogens is 581 g/mol. The molecule has 11 heteroatoms. The molecule has 2 aromatic rings. The van der Waals surface area contributed by atoms with Crippen LogP contribution in [0.5, 0.6) is 11.5 Å². The van der Waals surface area contributed by atoms with Crippen molar-refractivity contribution in [1.29, 1.82) is 0 Å². The first-order valence-electron chi connectivity index (χ1n) is 11.2. The molecule has 0 unspecified atom stereocenters. The minimum atomic E-state index is -0.695. The van der Waals surface area contributed by atoms with Gasteiger partial charge in [-0.3, -0.25) is 9.59 Å². The molecule has 0 aliphatic carbocycles. The molecule has 0 saturated carbocycles. The predicted octanol–water partition coefficient (Wildman–Crippen LogP) is 3.47. The topological polar surface area (TPSA) is 123 Å². The molecule has 2 aromatic carbocycles. The summed E-state index contributed by atoms with van der Waals surface area (Å²) in [5, 5.41) is 5.17. The summed E-state index contributed by atoms with van der Waals surface area (Å²) in [6.45, 7) is 5.30. The highest BCUT2D eigenvalue weighted by Crippen LogP contribution is 2.35. The largest absolute Gasteiger partial charge is 0.490 e. The van der Waals surface area contributed by atoms with Gasteiger partial charge in [-0.05, 0) is 79.3 Å². The monoisotopic (exact) mass is 607 g/mol. The summed E-state index contributed by atoms with van der Waals surface area (Å²) in [4.78, 5) is 50.1. The zero-order valence-electron chi connectivity index (χ0n) is 20.1. The zero-order valence-corrected chi connectivity index (χ0v) is 22.2. The van der Waals surface area contributed by atoms with E-state index in [1.54, 1.807) is 38.1 Å². The van der Waals surface area contributed by atoms with Gasteiger partial charge in [0.2, 0.25) is 5.91 Å². The fourth-order valence-corrected chi connectivity index (χ4v) is 4.05. The lowest BCUT2D eigenvalue weighted by molar-refractivity contribution is -0.145. The molecule has 0 spiro atoms. The van der Waals surface area contributed by atoms with Gasteiger partial charge >= 0.3 is 12.0 Å². The van der Waals surface area contributed by atoms with E-state index in [-0.39, 0.29) is 18.9 Å². The summed E-state index contributed by atoms with van der Waals surface area (Å²) in [7, 11) is 0. The fraction of sp³-hybridized carbons (Fsp3) is 0.280. The van der Waals surface area contributed by atoms with Gasteiger partial charge in [-0.2, -0.15) is 0 Å². The molecule has 190 valence electrons. The highest BCUT2D eigenvalue weighted by atomic mass is 127. The van der Waals surface area contributed by atoms with Crippen LogP contribution in [0.3, 0.4) is 0 Å². The number of esters is 1. The van der Waals surface area contributed by atoms with Gasteiger partial charge in [0.05, 0.1) is 16.8 Å². The first-order chi connectivity index (χ1) is 17.2. The molecule has 10 nitrogen and oxygen atoms in total. The Kier molecular flexibility index (Phi) is 9.28. The molecule has 4 amide bonds. The van der Waals surface area contributed by atoms with Crippen molar-refractivity contribution >= 4 is 58.2 Å². The van der Waals surface area contributed by atoms with Crippen LogP contribution in [0.2, 0.25) is 0 Å². The second-order valence-corrected chi connectivity index (χ2v) is 8.81. The Morgan fingerprint density at radius 1 is 1.08 bits per heavy atom. The number of nitrogens with one attached hydrogen (secondary N) is 2. The number of urea groups is 1. The molecule has 1 saturated heterocycles. The standard InChI is InChI=1S/C25H26IN3O7/c1-4-34-20-12-16(10-18(26)23(20)36-14-22(31)35-5-2)11-19-24(32)29(25(33)28-19)13-21(30)27-17-8-6-15(3)7-9-17/h6-12H,4-5,13-14H2,1-3H3,(H,27,30)(H,28,33)/b19-11+. The summed E-state index contributed by atoms with van der Waals surface area (Å²) < 4.78 is 16.8. The normalized spacial score (nSPS) is 14.0. The molecule has 3 rings (SSSR count). The van der Waals surface area contributed by atoms with Gasteiger partial charge < -0.3 is 24.8 Å². The van der Waals surface area contributed by atoms with Crippen LogP contribution >= 0.6 is 22.6 Å². The maximum Gasteiger partial charge on any atom is 0.344 e. The van der Waals surface area contributed by atoms with Gasteiger partial charge in [0.25, 0.3) is 5.91 Å². The molecule has 0 atom stereocenters. The lowest BCUT2D eigenvalue weighted by Gasteiger charge is -2.14. The molecule has 0 aromatic heterocycles. The van der Waals surface area contributed by atoms with Gasteiger partial charge in [-0.15, -0.1) is 0 Å². The number of halogens is 1. The average molecular weight is 607 g/mol. The minimum Gasteiger partial charge on any atom is -0.490 e. The van der Waals surface area contributed by atoms with E-state index in [2.05, 4.69) is 10.6 Å². The fourth-order valence-electron chi connectivity index (χ4n) is 3.27. The number of aryl methyl sites for hydroxylation is 1. The maximum absolute atomic E-state index is 12.8. The Bertz CT molecular complexity index is 1190. The van der Waals surface area contributed by atoms with Crippen molar-refractivity contribution in [1.82, 2.24) is 10.2 Å². The molecule has 2 N–H and O–H groups in total. The third-order valence-electron chi connectivity index (χ3n) is 4.88. The van der Waals surface area contributed by atoms with Crippen LogP contribution in [-0.4, -0.2) is 55.1 Å². The number of rotatable bonds is 10. The van der Waals surface area contributed by atoms with Crippen molar-refractivity contribution in [2.24, 2.45) is 0 Å². The molecule has 36 heavy (non-hydrogen) atoms. The third kappa shape index (κ3) is 6.97. The van der Waals surface area contributed by atoms with Gasteiger partial charge in [-0.1, -0.05) is 17.7 Å². The van der Waals surface area contributed by atoms with Crippen molar-refractivity contribution in [2.75, 3.05) is 31.7 Å². The van der Waals surface area contributed by atoms with Gasteiger partial charge in [0.1, 0.15) is 12.2 Å². The number of amides is 4. The summed E-state index contributed by atoms with van der Waals surface area (Å²) in [5.74, 6) is -0.905. The van der Waals surface area contributed by atoms with Gasteiger partial charge in [0.15, 0.2) is 18.1 Å². The maximum atomic E-state index is 12.8. The first kappa shape index (κ1) is 27.0. The SMILES string of the molecule is CCOC(=O)COc1c(I)cc(/C=C2/NC(=O)N(CC(=O)Nc3ccc(C)cc3)C2=O)cc1OCC. The van der Waals surface area contributed by atoms with E-state index < -0.39 is 30.4 Å². The van der Waals surface area contributed by atoms with E-state index >= 15 is 0 Å². The van der Waals surface area contributed by atoms with Crippen molar-refractivity contribution in [3.63, 3.8) is 0 Å². The Morgan fingerprint density at radius 3 is 2.47 bits per heavy atom. The molecule has 0 radical (unpaired) electrons. The average Bonchev–Trinajstić information content (AvgIpc) is 3.07. The highest BCUT2D eigenvalue weighted by Gasteiger charge is 2.35. The highest BCUT2D eigenvalue weighted by molar-refractivity contribution is 14.1. The second kappa shape index (κ2) is 12.4. The van der Waals surface area contributed by atoms with E-state index in [9.17, 15) is 19.2 Å². The first-order valence-corrected chi connectivity index (χ1v) is 12.3. The molecule has 1 fully saturated rings. The smallest absolute Gasteiger partial charge is 0.344 e. The molecular formula is C25H26IN3O7. The van der Waals surface area contributed by atoms with Crippen molar-refractivity contribution in [2.45, 2.75) is 20.8 Å². The van der Waals surface area contributed by atoms with Crippen LogP contribution in [0.1, 0.15) is 25.0 Å². The Labute approximate surface area is 222 Å². The quantitative estimate of drug-likeness (QED) is 0.184. The number of imide groups is 1. The van der Waals surface area contributed by atoms with E-state index in [1.807, 2.05) is 41.6 Å². The number of hydrogen-bond donors (Lipinski definition) is 2. The number of hydrogen-bond acceptors (Lipinski definition) is 7. The number of anilines is 1. The number of benzene rings is 2.